The van der Waals surface area contributed by atoms with Crippen molar-refractivity contribution >= 4 is 54.4 Å². The maximum atomic E-state index is 5.07. The monoisotopic (exact) mass is 890 g/mol. The van der Waals surface area contributed by atoms with E-state index in [4.69, 9.17) is 9.97 Å². The van der Waals surface area contributed by atoms with Gasteiger partial charge in [-0.05, 0) is 123 Å². The summed E-state index contributed by atoms with van der Waals surface area (Å²) >= 11 is 0. The predicted octanol–water partition coefficient (Wildman–Crippen LogP) is 17.3. The van der Waals surface area contributed by atoms with Crippen LogP contribution in [0.5, 0.6) is 0 Å². The molecule has 0 radical (unpaired) electrons. The molecule has 0 unspecified atom stereocenters. The zero-order chi connectivity index (χ0) is 46.1. The summed E-state index contributed by atoms with van der Waals surface area (Å²) in [7, 11) is 0. The summed E-state index contributed by atoms with van der Waals surface area (Å²) in [5, 5.41) is 9.86. The van der Waals surface area contributed by atoms with Gasteiger partial charge in [0.2, 0.25) is 0 Å². The maximum absolute atomic E-state index is 5.07. The van der Waals surface area contributed by atoms with Crippen molar-refractivity contribution in [2.24, 2.45) is 0 Å². The number of aromatic nitrogens is 4. The number of imidazole rings is 2. The van der Waals surface area contributed by atoms with Crippen molar-refractivity contribution in [3.05, 3.63) is 255 Å². The summed E-state index contributed by atoms with van der Waals surface area (Å²) < 4.78 is 4.18. The van der Waals surface area contributed by atoms with Crippen molar-refractivity contribution in [2.75, 3.05) is 0 Å². The van der Waals surface area contributed by atoms with Gasteiger partial charge in [-0.2, -0.15) is 0 Å². The van der Waals surface area contributed by atoms with Crippen molar-refractivity contribution in [1.29, 1.82) is 0 Å². The Kier molecular flexibility index (Phi) is 9.17. The number of fused-ring (bicyclic) bond motifs is 6. The Bertz CT molecular complexity index is 4170. The summed E-state index contributed by atoms with van der Waals surface area (Å²) in [4.78, 5) is 9.95. The first-order valence-electron chi connectivity index (χ1n) is 23.9. The molecule has 0 bridgehead atoms. The summed E-state index contributed by atoms with van der Waals surface area (Å²) in [6, 6.07) is 83.6. The number of pyridine rings is 2. The van der Waals surface area contributed by atoms with Crippen LogP contribution in [0.1, 0.15) is 0 Å². The van der Waals surface area contributed by atoms with E-state index < -0.39 is 0 Å². The summed E-state index contributed by atoms with van der Waals surface area (Å²) in [6.45, 7) is 0. The Hall–Kier alpha value is -9.38. The van der Waals surface area contributed by atoms with Gasteiger partial charge in [0.15, 0.2) is 0 Å². The van der Waals surface area contributed by atoms with E-state index in [1.165, 1.54) is 93.2 Å². The molecule has 10 aromatic carbocycles. The Morgan fingerprint density at radius 1 is 0.229 bits per heavy atom. The Labute approximate surface area is 404 Å². The molecule has 0 aliphatic heterocycles. The second kappa shape index (κ2) is 16.2. The average molecular weight is 891 g/mol. The largest absolute Gasteiger partial charge is 0.306 e. The average Bonchev–Trinajstić information content (AvgIpc) is 4.07. The zero-order valence-electron chi connectivity index (χ0n) is 38.0. The molecule has 0 atom stereocenters. The fourth-order valence-corrected chi connectivity index (χ4v) is 10.9. The Morgan fingerprint density at radius 2 is 0.557 bits per heavy atom. The third-order valence-electron chi connectivity index (χ3n) is 14.2. The van der Waals surface area contributed by atoms with Crippen molar-refractivity contribution in [2.45, 2.75) is 0 Å². The summed E-state index contributed by atoms with van der Waals surface area (Å²) in [5.41, 5.74) is 18.0. The molecule has 0 spiro atoms. The zero-order valence-corrected chi connectivity index (χ0v) is 38.0. The molecular weight excluding hydrogens is 849 g/mol. The third-order valence-corrected chi connectivity index (χ3v) is 14.2. The Balaban J connectivity index is 0.842. The van der Waals surface area contributed by atoms with Crippen LogP contribution in [0.25, 0.3) is 133 Å². The van der Waals surface area contributed by atoms with E-state index in [2.05, 4.69) is 234 Å². The van der Waals surface area contributed by atoms with E-state index in [9.17, 15) is 0 Å². The van der Waals surface area contributed by atoms with Crippen LogP contribution in [0.2, 0.25) is 0 Å². The van der Waals surface area contributed by atoms with Gasteiger partial charge >= 0.3 is 0 Å². The molecule has 14 rings (SSSR count). The van der Waals surface area contributed by atoms with Gasteiger partial charge in [0, 0.05) is 35.9 Å². The highest BCUT2D eigenvalue weighted by molar-refractivity contribution is 6.23. The van der Waals surface area contributed by atoms with E-state index in [0.29, 0.717) is 0 Å². The van der Waals surface area contributed by atoms with E-state index in [-0.39, 0.29) is 0 Å². The van der Waals surface area contributed by atoms with Crippen LogP contribution in [0.3, 0.4) is 0 Å². The molecule has 4 heterocycles. The molecule has 14 aromatic rings. The van der Waals surface area contributed by atoms with Gasteiger partial charge in [-0.15, -0.1) is 0 Å². The minimum atomic E-state index is 0.930. The molecule has 0 aliphatic carbocycles. The first-order chi connectivity index (χ1) is 34.7. The lowest BCUT2D eigenvalue weighted by Gasteiger charge is -2.19. The van der Waals surface area contributed by atoms with Crippen LogP contribution in [-0.4, -0.2) is 18.8 Å². The highest BCUT2D eigenvalue weighted by Gasteiger charge is 2.20. The Morgan fingerprint density at radius 3 is 0.943 bits per heavy atom. The fraction of sp³-hybridized carbons (Fsp3) is 0. The number of hydrogen-bond acceptors (Lipinski definition) is 2. The van der Waals surface area contributed by atoms with Crippen LogP contribution in [0.4, 0.5) is 0 Å². The lowest BCUT2D eigenvalue weighted by Crippen LogP contribution is -1.92. The van der Waals surface area contributed by atoms with E-state index >= 15 is 0 Å². The van der Waals surface area contributed by atoms with Gasteiger partial charge in [-0.25, -0.2) is 9.97 Å². The second-order valence-corrected chi connectivity index (χ2v) is 18.2. The maximum Gasteiger partial charge on any atom is 0.138 e. The molecule has 0 N–H and O–H groups in total. The van der Waals surface area contributed by atoms with Crippen LogP contribution in [-0.2, 0) is 0 Å². The molecule has 4 nitrogen and oxygen atoms in total. The molecule has 4 aromatic heterocycles. The fourth-order valence-electron chi connectivity index (χ4n) is 10.9. The van der Waals surface area contributed by atoms with Gasteiger partial charge in [-0.1, -0.05) is 206 Å². The summed E-state index contributed by atoms with van der Waals surface area (Å²) in [6.07, 6.45) is 8.36. The molecule has 0 saturated carbocycles. The lowest BCUT2D eigenvalue weighted by atomic mass is 9.84. The van der Waals surface area contributed by atoms with Crippen molar-refractivity contribution in [1.82, 2.24) is 18.8 Å². The molecule has 0 saturated heterocycles. The number of benzene rings is 10. The van der Waals surface area contributed by atoms with E-state index in [1.807, 2.05) is 30.5 Å². The van der Waals surface area contributed by atoms with Crippen LogP contribution in [0.15, 0.2) is 255 Å². The molecular formula is C66H42N4. The van der Waals surface area contributed by atoms with Gasteiger partial charge < -0.3 is 8.80 Å². The molecule has 0 aliphatic rings. The SMILES string of the molecule is c1ccc(-c2ccn3cc(-c4ccc(-c5c6ccccc6c(-c6ccc(-c7c8ccccc8c(-c8ccc(-c9cn%10ccccc%10n9)cc8)c8ccccc78)cc6)c6ccccc56)cc4)nc3c2)cc1. The third kappa shape index (κ3) is 6.53. The molecule has 326 valence electrons. The number of hydrogen-bond donors (Lipinski definition) is 0. The van der Waals surface area contributed by atoms with Gasteiger partial charge in [-0.3, -0.25) is 0 Å². The smallest absolute Gasteiger partial charge is 0.138 e. The number of nitrogens with zero attached hydrogens (tertiary/aromatic N) is 4. The molecule has 0 amide bonds. The van der Waals surface area contributed by atoms with Crippen molar-refractivity contribution in [3.8, 4) is 78.1 Å². The topological polar surface area (TPSA) is 34.6 Å². The van der Waals surface area contributed by atoms with Crippen LogP contribution in [0, 0.1) is 0 Å². The van der Waals surface area contributed by atoms with Crippen molar-refractivity contribution in [3.63, 3.8) is 0 Å². The summed E-state index contributed by atoms with van der Waals surface area (Å²) in [5.74, 6) is 0. The minimum absolute atomic E-state index is 0.930. The van der Waals surface area contributed by atoms with Crippen LogP contribution < -0.4 is 0 Å². The standard InChI is InChI=1S/C66H42N4/c1-2-14-43(15-3-1)50-37-39-70-42-60(68-62(70)40-50)45-27-31-47(32-28-45)64-53-18-6-10-22-57(53)66(58-23-11-7-19-54(58)64)49-35-33-48(34-36-49)65-55-20-8-4-16-51(55)63(52-17-5-9-21-56(52)65)46-29-25-44(26-30-46)59-41-69-38-13-12-24-61(69)67-59/h1-42H. The molecule has 0 fully saturated rings. The second-order valence-electron chi connectivity index (χ2n) is 18.2. The quantitative estimate of drug-likeness (QED) is 0.149. The van der Waals surface area contributed by atoms with Crippen LogP contribution >= 0.6 is 0 Å². The normalized spacial score (nSPS) is 11.7. The van der Waals surface area contributed by atoms with E-state index in [0.717, 1.165) is 39.4 Å². The minimum Gasteiger partial charge on any atom is -0.306 e. The van der Waals surface area contributed by atoms with Gasteiger partial charge in [0.25, 0.3) is 0 Å². The van der Waals surface area contributed by atoms with Gasteiger partial charge in [0.05, 0.1) is 11.4 Å². The first-order valence-corrected chi connectivity index (χ1v) is 23.9. The predicted molar refractivity (Wildman–Crippen MR) is 292 cm³/mol. The highest BCUT2D eigenvalue weighted by Crippen LogP contribution is 2.47. The van der Waals surface area contributed by atoms with E-state index in [1.54, 1.807) is 0 Å². The van der Waals surface area contributed by atoms with Crippen molar-refractivity contribution < 1.29 is 0 Å². The first kappa shape index (κ1) is 39.8. The van der Waals surface area contributed by atoms with Gasteiger partial charge in [0.1, 0.15) is 11.3 Å². The molecule has 4 heteroatoms. The number of rotatable bonds is 7. The molecule has 70 heavy (non-hydrogen) atoms. The highest BCUT2D eigenvalue weighted by atomic mass is 15.0. The lowest BCUT2D eigenvalue weighted by molar-refractivity contribution is 1.19.